The highest BCUT2D eigenvalue weighted by Crippen LogP contribution is 2.39. The summed E-state index contributed by atoms with van der Waals surface area (Å²) in [5.74, 6) is -0.990. The molecule has 0 bridgehead atoms. The molecule has 0 N–H and O–H groups in total. The van der Waals surface area contributed by atoms with E-state index in [0.29, 0.717) is 12.0 Å². The third kappa shape index (κ3) is 2.75. The van der Waals surface area contributed by atoms with Crippen LogP contribution in [0.3, 0.4) is 0 Å². The number of hydrogen-bond donors (Lipinski definition) is 0. The number of allylic oxidation sites excluding steroid dienone is 2. The molecule has 0 radical (unpaired) electrons. The van der Waals surface area contributed by atoms with E-state index in [2.05, 4.69) is 0 Å². The lowest BCUT2D eigenvalue weighted by atomic mass is 9.96. The monoisotopic (exact) mass is 331 g/mol. The zero-order valence-corrected chi connectivity index (χ0v) is 13.6. The highest BCUT2D eigenvalue weighted by molar-refractivity contribution is 5.82. The van der Waals surface area contributed by atoms with Gasteiger partial charge in [-0.2, -0.15) is 0 Å². The molecule has 1 saturated heterocycles. The van der Waals surface area contributed by atoms with Crippen molar-refractivity contribution in [1.29, 1.82) is 0 Å². The van der Waals surface area contributed by atoms with E-state index in [9.17, 15) is 13.6 Å². The zero-order valence-electron chi connectivity index (χ0n) is 13.6. The van der Waals surface area contributed by atoms with Crippen molar-refractivity contribution in [2.75, 3.05) is 6.61 Å². The zero-order chi connectivity index (χ0) is 17.3. The summed E-state index contributed by atoms with van der Waals surface area (Å²) in [6.07, 6.45) is 7.66. The van der Waals surface area contributed by atoms with Gasteiger partial charge in [0.2, 0.25) is 0 Å². The summed E-state index contributed by atoms with van der Waals surface area (Å²) in [6.45, 7) is 4.05. The molecule has 0 aromatic heterocycles. The standard InChI is InChI=1S/C19H19F2NO2/c1-3-5-12(4-2)18-11-15(14-10-13(20)6-7-16(14)21)17-8-9-24-19(23)22(17)18/h3-7,10-11,17-18H,8-9H2,1-2H3/b5-3-,12-4+. The Balaban J connectivity index is 2.11. The molecule has 24 heavy (non-hydrogen) atoms. The molecule has 2 aliphatic rings. The molecule has 2 atom stereocenters. The van der Waals surface area contributed by atoms with Crippen LogP contribution >= 0.6 is 0 Å². The molecule has 1 aromatic carbocycles. The summed E-state index contributed by atoms with van der Waals surface area (Å²) in [7, 11) is 0. The molecule has 2 aliphatic heterocycles. The summed E-state index contributed by atoms with van der Waals surface area (Å²) >= 11 is 0. The van der Waals surface area contributed by atoms with Crippen LogP contribution in [0.1, 0.15) is 25.8 Å². The van der Waals surface area contributed by atoms with Crippen molar-refractivity contribution in [1.82, 2.24) is 4.90 Å². The number of ether oxygens (including phenoxy) is 1. The van der Waals surface area contributed by atoms with Gasteiger partial charge in [-0.1, -0.05) is 24.3 Å². The number of halogens is 2. The minimum atomic E-state index is -0.500. The number of hydrogen-bond acceptors (Lipinski definition) is 2. The van der Waals surface area contributed by atoms with E-state index in [-0.39, 0.29) is 24.3 Å². The molecule has 0 spiro atoms. The number of carbonyl (C=O) groups excluding carboxylic acids is 1. The summed E-state index contributed by atoms with van der Waals surface area (Å²) in [5, 5.41) is 0. The Morgan fingerprint density at radius 1 is 1.33 bits per heavy atom. The van der Waals surface area contributed by atoms with Crippen molar-refractivity contribution in [2.24, 2.45) is 0 Å². The molecule has 5 heteroatoms. The Kier molecular flexibility index (Phi) is 4.51. The van der Waals surface area contributed by atoms with Crippen molar-refractivity contribution >= 4 is 11.7 Å². The van der Waals surface area contributed by atoms with Crippen molar-refractivity contribution in [3.8, 4) is 0 Å². The second-order valence-corrected chi connectivity index (χ2v) is 5.81. The van der Waals surface area contributed by atoms with Crippen LogP contribution in [-0.2, 0) is 4.74 Å². The minimum absolute atomic E-state index is 0.207. The highest BCUT2D eigenvalue weighted by atomic mass is 19.1. The van der Waals surface area contributed by atoms with Gasteiger partial charge in [0.25, 0.3) is 0 Å². The van der Waals surface area contributed by atoms with Gasteiger partial charge in [-0.15, -0.1) is 0 Å². The molecule has 1 fully saturated rings. The van der Waals surface area contributed by atoms with Crippen LogP contribution in [0.15, 0.2) is 48.1 Å². The number of amides is 1. The van der Waals surface area contributed by atoms with E-state index >= 15 is 0 Å². The van der Waals surface area contributed by atoms with Crippen LogP contribution < -0.4 is 0 Å². The van der Waals surface area contributed by atoms with Crippen LogP contribution in [0, 0.1) is 11.6 Å². The number of carbonyl (C=O) groups is 1. The van der Waals surface area contributed by atoms with Crippen LogP contribution in [0.4, 0.5) is 13.6 Å². The number of benzene rings is 1. The molecule has 2 heterocycles. The Bertz CT molecular complexity index is 752. The molecular weight excluding hydrogens is 312 g/mol. The first-order valence-corrected chi connectivity index (χ1v) is 7.98. The first-order chi connectivity index (χ1) is 11.6. The maximum Gasteiger partial charge on any atom is 0.411 e. The summed E-state index contributed by atoms with van der Waals surface area (Å²) in [5.41, 5.74) is 1.75. The molecular formula is C19H19F2NO2. The van der Waals surface area contributed by atoms with Gasteiger partial charge >= 0.3 is 6.09 Å². The van der Waals surface area contributed by atoms with Crippen molar-refractivity contribution in [2.45, 2.75) is 32.4 Å². The maximum atomic E-state index is 14.3. The van der Waals surface area contributed by atoms with Gasteiger partial charge in [-0.3, -0.25) is 4.90 Å². The lowest BCUT2D eigenvalue weighted by molar-refractivity contribution is 0.0580. The largest absolute Gasteiger partial charge is 0.449 e. The molecule has 2 unspecified atom stereocenters. The van der Waals surface area contributed by atoms with Gasteiger partial charge in [0.15, 0.2) is 0 Å². The third-order valence-electron chi connectivity index (χ3n) is 4.43. The SMILES string of the molecule is C/C=C\C(=C/C)C1C=C(c2cc(F)ccc2F)C2CCOC(=O)N21. The predicted octanol–water partition coefficient (Wildman–Crippen LogP) is 4.46. The Labute approximate surface area is 139 Å². The average molecular weight is 331 g/mol. The minimum Gasteiger partial charge on any atom is -0.449 e. The van der Waals surface area contributed by atoms with Crippen LogP contribution in [-0.4, -0.2) is 29.7 Å². The average Bonchev–Trinajstić information content (AvgIpc) is 2.95. The Morgan fingerprint density at radius 2 is 2.12 bits per heavy atom. The van der Waals surface area contributed by atoms with Crippen molar-refractivity contribution in [3.05, 3.63) is 65.3 Å². The number of cyclic esters (lactones) is 1. The fourth-order valence-corrected chi connectivity index (χ4v) is 3.38. The van der Waals surface area contributed by atoms with Gasteiger partial charge in [-0.05, 0) is 43.2 Å². The maximum absolute atomic E-state index is 14.3. The van der Waals surface area contributed by atoms with E-state index in [1.165, 1.54) is 6.07 Å². The third-order valence-corrected chi connectivity index (χ3v) is 4.43. The molecule has 3 nitrogen and oxygen atoms in total. The van der Waals surface area contributed by atoms with Crippen LogP contribution in [0.5, 0.6) is 0 Å². The first-order valence-electron chi connectivity index (χ1n) is 7.98. The molecule has 3 rings (SSSR count). The van der Waals surface area contributed by atoms with E-state index in [0.717, 1.165) is 17.7 Å². The quantitative estimate of drug-likeness (QED) is 0.765. The van der Waals surface area contributed by atoms with Gasteiger partial charge in [0.1, 0.15) is 11.6 Å². The highest BCUT2D eigenvalue weighted by Gasteiger charge is 2.43. The van der Waals surface area contributed by atoms with Gasteiger partial charge < -0.3 is 4.74 Å². The molecule has 0 saturated carbocycles. The van der Waals surface area contributed by atoms with Crippen LogP contribution in [0.25, 0.3) is 5.57 Å². The molecule has 1 aromatic rings. The lowest BCUT2D eigenvalue weighted by Crippen LogP contribution is -2.47. The smallest absolute Gasteiger partial charge is 0.411 e. The van der Waals surface area contributed by atoms with Crippen molar-refractivity contribution in [3.63, 3.8) is 0 Å². The summed E-state index contributed by atoms with van der Waals surface area (Å²) < 4.78 is 33.1. The second kappa shape index (κ2) is 6.59. The van der Waals surface area contributed by atoms with Gasteiger partial charge in [0.05, 0.1) is 18.7 Å². The molecule has 0 aliphatic carbocycles. The Morgan fingerprint density at radius 3 is 2.83 bits per heavy atom. The number of rotatable bonds is 3. The summed E-state index contributed by atoms with van der Waals surface area (Å²) in [6, 6.07) is 2.74. The van der Waals surface area contributed by atoms with E-state index in [4.69, 9.17) is 4.74 Å². The van der Waals surface area contributed by atoms with Gasteiger partial charge in [0, 0.05) is 12.0 Å². The predicted molar refractivity (Wildman–Crippen MR) is 88.3 cm³/mol. The fraction of sp³-hybridized carbons (Fsp3) is 0.316. The fourth-order valence-electron chi connectivity index (χ4n) is 3.38. The van der Waals surface area contributed by atoms with E-state index in [1.54, 1.807) is 4.90 Å². The van der Waals surface area contributed by atoms with E-state index < -0.39 is 17.7 Å². The van der Waals surface area contributed by atoms with Gasteiger partial charge in [-0.25, -0.2) is 13.6 Å². The number of fused-ring (bicyclic) bond motifs is 1. The first kappa shape index (κ1) is 16.4. The summed E-state index contributed by atoms with van der Waals surface area (Å²) in [4.78, 5) is 13.9. The topological polar surface area (TPSA) is 29.5 Å². The lowest BCUT2D eigenvalue weighted by Gasteiger charge is -2.35. The van der Waals surface area contributed by atoms with Crippen LogP contribution in [0.2, 0.25) is 0 Å². The van der Waals surface area contributed by atoms with E-state index in [1.807, 2.05) is 38.2 Å². The second-order valence-electron chi connectivity index (χ2n) is 5.81. The van der Waals surface area contributed by atoms with Crippen molar-refractivity contribution < 1.29 is 18.3 Å². The normalized spacial score (nSPS) is 24.2. The molecule has 126 valence electrons. The Hall–Kier alpha value is -2.43. The number of nitrogens with zero attached hydrogens (tertiary/aromatic N) is 1. The molecule has 1 amide bonds.